The van der Waals surface area contributed by atoms with Gasteiger partial charge < -0.3 is 9.47 Å². The molecule has 0 bridgehead atoms. The molecule has 4 heteroatoms. The molecule has 0 atom stereocenters. The van der Waals surface area contributed by atoms with Crippen LogP contribution in [0, 0.1) is 0 Å². The largest absolute Gasteiger partial charge is 0.462 e. The summed E-state index contributed by atoms with van der Waals surface area (Å²) in [5.74, 6) is -1.27. The van der Waals surface area contributed by atoms with Gasteiger partial charge in [0, 0.05) is 0 Å². The summed E-state index contributed by atoms with van der Waals surface area (Å²) < 4.78 is 10.5. The molecule has 0 aromatic rings. The van der Waals surface area contributed by atoms with Crippen molar-refractivity contribution in [2.75, 3.05) is 13.2 Å². The lowest BCUT2D eigenvalue weighted by Crippen LogP contribution is -2.18. The Morgan fingerprint density at radius 2 is 0.479 bits per heavy atom. The molecule has 0 N–H and O–H groups in total. The number of esters is 2. The van der Waals surface area contributed by atoms with E-state index in [1.54, 1.807) is 0 Å². The first-order chi connectivity index (χ1) is 23.6. The Hall–Kier alpha value is -1.32. The lowest BCUT2D eigenvalue weighted by atomic mass is 10.0. The van der Waals surface area contributed by atoms with Crippen molar-refractivity contribution in [2.24, 2.45) is 0 Å². The maximum absolute atomic E-state index is 12.1. The zero-order valence-electron chi connectivity index (χ0n) is 32.7. The van der Waals surface area contributed by atoms with Crippen molar-refractivity contribution in [1.29, 1.82) is 0 Å². The molecule has 0 aliphatic heterocycles. The Balaban J connectivity index is 3.37. The Morgan fingerprint density at radius 3 is 0.667 bits per heavy atom. The highest BCUT2D eigenvalue weighted by molar-refractivity contribution is 6.13. The fraction of sp³-hybridized carbons (Fsp3) is 0.909. The first-order valence-corrected chi connectivity index (χ1v) is 21.7. The molecular formula is C44H84O4. The van der Waals surface area contributed by atoms with E-state index in [2.05, 4.69) is 20.4 Å². The summed E-state index contributed by atoms with van der Waals surface area (Å²) in [6.07, 6.45) is 47.8. The average molecular weight is 677 g/mol. The van der Waals surface area contributed by atoms with Gasteiger partial charge in [0.25, 0.3) is 0 Å². The Bertz CT molecular complexity index is 631. The van der Waals surface area contributed by atoms with Crippen LogP contribution in [0.4, 0.5) is 0 Å². The molecule has 0 radical (unpaired) electrons. The molecule has 0 aromatic carbocycles. The zero-order chi connectivity index (χ0) is 35.0. The number of carbonyl (C=O) groups excluding carboxylic acids is 2. The summed E-state index contributed by atoms with van der Waals surface area (Å²) in [6, 6.07) is 0. The van der Waals surface area contributed by atoms with Gasteiger partial charge in [-0.2, -0.15) is 0 Å². The van der Waals surface area contributed by atoms with Crippen molar-refractivity contribution in [3.63, 3.8) is 0 Å². The van der Waals surface area contributed by atoms with Gasteiger partial charge in [0.15, 0.2) is 0 Å². The van der Waals surface area contributed by atoms with E-state index in [1.807, 2.05) is 0 Å². The van der Waals surface area contributed by atoms with Gasteiger partial charge in [-0.3, -0.25) is 0 Å². The molecule has 4 nitrogen and oxygen atoms in total. The van der Waals surface area contributed by atoms with E-state index in [4.69, 9.17) is 9.47 Å². The summed E-state index contributed by atoms with van der Waals surface area (Å²) in [7, 11) is 0. The quantitative estimate of drug-likeness (QED) is 0.0213. The van der Waals surface area contributed by atoms with Crippen LogP contribution < -0.4 is 0 Å². The lowest BCUT2D eigenvalue weighted by molar-refractivity contribution is -0.147. The summed E-state index contributed by atoms with van der Waals surface area (Å²) in [6.45, 7) is 8.87. The summed E-state index contributed by atoms with van der Waals surface area (Å²) >= 11 is 0. The van der Waals surface area contributed by atoms with Crippen LogP contribution >= 0.6 is 0 Å². The molecule has 0 unspecified atom stereocenters. The first-order valence-electron chi connectivity index (χ1n) is 21.7. The van der Waals surface area contributed by atoms with E-state index in [-0.39, 0.29) is 5.57 Å². The van der Waals surface area contributed by atoms with Crippen LogP contribution in [0.3, 0.4) is 0 Å². The van der Waals surface area contributed by atoms with Gasteiger partial charge in [-0.25, -0.2) is 9.59 Å². The van der Waals surface area contributed by atoms with Crippen LogP contribution in [0.2, 0.25) is 0 Å². The van der Waals surface area contributed by atoms with E-state index in [9.17, 15) is 9.59 Å². The molecule has 0 aliphatic carbocycles. The van der Waals surface area contributed by atoms with Crippen LogP contribution in [0.15, 0.2) is 12.2 Å². The van der Waals surface area contributed by atoms with Crippen molar-refractivity contribution in [2.45, 2.75) is 245 Å². The predicted molar refractivity (Wildman–Crippen MR) is 209 cm³/mol. The molecule has 284 valence electrons. The SMILES string of the molecule is C=C(C(=O)OCCCCCCCCCCCCCCCCCCCC)C(=O)OCCCCCCCCCCCCCCCCCCCC. The maximum atomic E-state index is 12.1. The predicted octanol–water partition coefficient (Wildman–Crippen LogP) is 14.7. The molecule has 48 heavy (non-hydrogen) atoms. The molecule has 0 saturated heterocycles. The number of ether oxygens (including phenoxy) is 2. The normalized spacial score (nSPS) is 11.2. The summed E-state index contributed by atoms with van der Waals surface area (Å²) in [4.78, 5) is 24.3. The highest BCUT2D eigenvalue weighted by Gasteiger charge is 2.18. The minimum atomic E-state index is -0.634. The van der Waals surface area contributed by atoms with Crippen LogP contribution in [-0.4, -0.2) is 25.2 Å². The molecule has 0 rings (SSSR count). The van der Waals surface area contributed by atoms with Gasteiger partial charge in [-0.05, 0) is 12.8 Å². The van der Waals surface area contributed by atoms with Crippen molar-refractivity contribution < 1.29 is 19.1 Å². The van der Waals surface area contributed by atoms with Crippen LogP contribution in [0.5, 0.6) is 0 Å². The summed E-state index contributed by atoms with van der Waals surface area (Å²) in [5, 5.41) is 0. The Labute approximate surface area is 300 Å². The molecule has 0 spiro atoms. The number of unbranched alkanes of at least 4 members (excludes halogenated alkanes) is 34. The van der Waals surface area contributed by atoms with E-state index in [0.29, 0.717) is 13.2 Å². The van der Waals surface area contributed by atoms with E-state index in [0.717, 1.165) is 25.7 Å². The zero-order valence-corrected chi connectivity index (χ0v) is 32.7. The van der Waals surface area contributed by atoms with Crippen molar-refractivity contribution in [1.82, 2.24) is 0 Å². The van der Waals surface area contributed by atoms with Crippen LogP contribution in [-0.2, 0) is 19.1 Å². The number of carbonyl (C=O) groups is 2. The highest BCUT2D eigenvalue weighted by Crippen LogP contribution is 2.16. The van der Waals surface area contributed by atoms with Crippen molar-refractivity contribution >= 4 is 11.9 Å². The fourth-order valence-corrected chi connectivity index (χ4v) is 6.59. The third kappa shape index (κ3) is 36.0. The van der Waals surface area contributed by atoms with E-state index >= 15 is 0 Å². The van der Waals surface area contributed by atoms with Crippen LogP contribution in [0.25, 0.3) is 0 Å². The second kappa shape index (κ2) is 40.1. The topological polar surface area (TPSA) is 52.6 Å². The van der Waals surface area contributed by atoms with Gasteiger partial charge in [-0.15, -0.1) is 0 Å². The van der Waals surface area contributed by atoms with Gasteiger partial charge in [0.05, 0.1) is 13.2 Å². The molecule has 0 fully saturated rings. The molecule has 0 heterocycles. The average Bonchev–Trinajstić information content (AvgIpc) is 3.09. The minimum Gasteiger partial charge on any atom is -0.462 e. The van der Waals surface area contributed by atoms with Crippen LogP contribution in [0.1, 0.15) is 245 Å². The van der Waals surface area contributed by atoms with Gasteiger partial charge in [-0.1, -0.05) is 239 Å². The molecule has 0 saturated carbocycles. The number of rotatable bonds is 40. The van der Waals surface area contributed by atoms with E-state index in [1.165, 1.54) is 205 Å². The second-order valence-corrected chi connectivity index (χ2v) is 14.8. The Kier molecular flexibility index (Phi) is 39.0. The monoisotopic (exact) mass is 677 g/mol. The first kappa shape index (κ1) is 46.7. The molecular weight excluding hydrogens is 592 g/mol. The third-order valence-electron chi connectivity index (χ3n) is 9.95. The molecule has 0 aliphatic rings. The number of hydrogen-bond acceptors (Lipinski definition) is 4. The maximum Gasteiger partial charge on any atom is 0.344 e. The van der Waals surface area contributed by atoms with Gasteiger partial charge in [0.1, 0.15) is 5.57 Å². The van der Waals surface area contributed by atoms with Crippen molar-refractivity contribution in [3.8, 4) is 0 Å². The fourth-order valence-electron chi connectivity index (χ4n) is 6.59. The van der Waals surface area contributed by atoms with Crippen molar-refractivity contribution in [3.05, 3.63) is 12.2 Å². The second-order valence-electron chi connectivity index (χ2n) is 14.8. The van der Waals surface area contributed by atoms with Gasteiger partial charge in [0.2, 0.25) is 0 Å². The minimum absolute atomic E-state index is 0.181. The molecule has 0 aromatic heterocycles. The molecule has 0 amide bonds. The Morgan fingerprint density at radius 1 is 0.312 bits per heavy atom. The lowest BCUT2D eigenvalue weighted by Gasteiger charge is -2.08. The number of hydrogen-bond donors (Lipinski definition) is 0. The summed E-state index contributed by atoms with van der Waals surface area (Å²) in [5.41, 5.74) is -0.181. The standard InChI is InChI=1S/C44H84O4/c1-4-6-8-10-12-14-16-18-20-22-24-26-28-30-32-34-36-38-40-47-43(45)42(3)44(46)48-41-39-37-35-33-31-29-27-25-23-21-19-17-15-13-11-9-7-5-2/h3-41H2,1-2H3. The smallest absolute Gasteiger partial charge is 0.344 e. The highest BCUT2D eigenvalue weighted by atomic mass is 16.6. The third-order valence-corrected chi connectivity index (χ3v) is 9.95. The van der Waals surface area contributed by atoms with Gasteiger partial charge >= 0.3 is 11.9 Å². The van der Waals surface area contributed by atoms with E-state index < -0.39 is 11.9 Å².